The third kappa shape index (κ3) is 12.7. The zero-order valence-corrected chi connectivity index (χ0v) is 36.4. The van der Waals surface area contributed by atoms with Crippen LogP contribution in [-0.4, -0.2) is 84.0 Å². The van der Waals surface area contributed by atoms with Crippen LogP contribution in [0.15, 0.2) is 187 Å². The number of rotatable bonds is 21. The van der Waals surface area contributed by atoms with E-state index in [0.29, 0.717) is 13.2 Å². The maximum Gasteiger partial charge on any atom is 0.187 e. The van der Waals surface area contributed by atoms with Crippen LogP contribution in [0.4, 0.5) is 0 Å². The highest BCUT2D eigenvalue weighted by molar-refractivity contribution is 7.99. The largest absolute Gasteiger partial charge is 0.394 e. The SMILES string of the molecule is OC[C@H]1O[C@H](OC[C@H]2O[C@@H](Sc3ccccc3)[C@H](OCc3ccccc3)[C@@H](OCc3ccccc3)[C@@H]2OCc2ccccc2)[C@H](OCc2ccccc2)[C@@H](OCc2ccccc2)[C@@H]1O. The van der Waals surface area contributed by atoms with E-state index in [1.54, 1.807) is 11.8 Å². The van der Waals surface area contributed by atoms with Crippen LogP contribution >= 0.6 is 11.8 Å². The minimum absolute atomic E-state index is 0.0303. The summed E-state index contributed by atoms with van der Waals surface area (Å²) < 4.78 is 54.1. The number of ether oxygens (including phenoxy) is 8. The monoisotopic (exact) mass is 884 g/mol. The van der Waals surface area contributed by atoms with Gasteiger partial charge in [0.05, 0.1) is 46.2 Å². The summed E-state index contributed by atoms with van der Waals surface area (Å²) >= 11 is 1.55. The lowest BCUT2D eigenvalue weighted by molar-refractivity contribution is -0.330. The maximum absolute atomic E-state index is 11.6. The molecule has 6 aromatic rings. The van der Waals surface area contributed by atoms with E-state index in [4.69, 9.17) is 37.9 Å². The molecule has 2 heterocycles. The molecule has 0 radical (unpaired) electrons. The molecule has 0 spiro atoms. The van der Waals surface area contributed by atoms with Crippen LogP contribution in [0.3, 0.4) is 0 Å². The Labute approximate surface area is 380 Å². The summed E-state index contributed by atoms with van der Waals surface area (Å²) in [4.78, 5) is 0.995. The molecule has 64 heavy (non-hydrogen) atoms. The average molecular weight is 885 g/mol. The quantitative estimate of drug-likeness (QED) is 0.0726. The lowest BCUT2D eigenvalue weighted by Crippen LogP contribution is -2.63. The van der Waals surface area contributed by atoms with Crippen LogP contribution in [-0.2, 0) is 70.9 Å². The van der Waals surface area contributed by atoms with Crippen molar-refractivity contribution in [2.75, 3.05) is 13.2 Å². The maximum atomic E-state index is 11.6. The van der Waals surface area contributed by atoms with Crippen LogP contribution in [0.5, 0.6) is 0 Å². The Morgan fingerprint density at radius 1 is 0.391 bits per heavy atom. The number of thioether (sulfide) groups is 1. The molecule has 10 atom stereocenters. The van der Waals surface area contributed by atoms with Crippen molar-refractivity contribution in [2.45, 2.75) is 98.5 Å². The van der Waals surface area contributed by atoms with Gasteiger partial charge in [0.25, 0.3) is 0 Å². The zero-order valence-electron chi connectivity index (χ0n) is 35.6. The molecule has 11 heteroatoms. The Kier molecular flexibility index (Phi) is 17.2. The third-order valence-corrected chi connectivity index (χ3v) is 12.4. The van der Waals surface area contributed by atoms with E-state index in [-0.39, 0.29) is 26.4 Å². The van der Waals surface area contributed by atoms with Crippen LogP contribution in [0.2, 0.25) is 0 Å². The molecule has 2 aliphatic heterocycles. The van der Waals surface area contributed by atoms with Crippen LogP contribution in [0.1, 0.15) is 27.8 Å². The average Bonchev–Trinajstić information content (AvgIpc) is 3.35. The molecule has 10 nitrogen and oxygen atoms in total. The Morgan fingerprint density at radius 2 is 0.766 bits per heavy atom. The van der Waals surface area contributed by atoms with Crippen molar-refractivity contribution in [2.24, 2.45) is 0 Å². The molecule has 0 saturated carbocycles. The first-order valence-electron chi connectivity index (χ1n) is 21.8. The van der Waals surface area contributed by atoms with Crippen molar-refractivity contribution in [1.29, 1.82) is 0 Å². The lowest BCUT2D eigenvalue weighted by Gasteiger charge is -2.47. The van der Waals surface area contributed by atoms with Gasteiger partial charge in [-0.25, -0.2) is 0 Å². The van der Waals surface area contributed by atoms with Gasteiger partial charge in [-0.1, -0.05) is 182 Å². The van der Waals surface area contributed by atoms with Crippen LogP contribution in [0, 0.1) is 0 Å². The number of hydrogen-bond acceptors (Lipinski definition) is 11. The molecule has 2 aliphatic rings. The summed E-state index contributed by atoms with van der Waals surface area (Å²) in [5, 5.41) is 22.2. The Hall–Kier alpha value is -4.73. The van der Waals surface area contributed by atoms with Crippen LogP contribution in [0.25, 0.3) is 0 Å². The van der Waals surface area contributed by atoms with Gasteiger partial charge < -0.3 is 48.1 Å². The first-order chi connectivity index (χ1) is 31.6. The van der Waals surface area contributed by atoms with E-state index in [9.17, 15) is 10.2 Å². The predicted octanol–water partition coefficient (Wildman–Crippen LogP) is 8.53. The molecule has 2 fully saturated rings. The van der Waals surface area contributed by atoms with E-state index in [0.717, 1.165) is 32.7 Å². The number of benzene rings is 6. The molecule has 2 saturated heterocycles. The third-order valence-electron chi connectivity index (χ3n) is 11.2. The molecule has 334 valence electrons. The summed E-state index contributed by atoms with van der Waals surface area (Å²) in [6.45, 7) is 0.798. The molecule has 2 N–H and O–H groups in total. The minimum Gasteiger partial charge on any atom is -0.394 e. The molecule has 0 amide bonds. The fourth-order valence-electron chi connectivity index (χ4n) is 7.87. The van der Waals surface area contributed by atoms with E-state index in [2.05, 4.69) is 0 Å². The van der Waals surface area contributed by atoms with Gasteiger partial charge in [0.2, 0.25) is 0 Å². The topological polar surface area (TPSA) is 114 Å². The standard InChI is InChI=1S/C53H56O10S/c54-31-44-46(55)48(57-33-39-21-9-2-10-22-39)50(59-35-41-25-13-4-14-26-41)52(62-44)61-37-45-47(56-32-38-19-7-1-8-20-38)49(58-34-40-23-11-3-12-24-40)51(60-36-42-27-15-5-16-28-42)53(63-45)64-43-29-17-6-18-30-43/h1-30,44-55H,31-37H2/t44-,45-,46-,47-,48+,49+,50-,51-,52+,53+/m1/s1. The second-order valence-corrected chi connectivity index (χ2v) is 17.0. The van der Waals surface area contributed by atoms with Gasteiger partial charge >= 0.3 is 0 Å². The molecule has 0 bridgehead atoms. The smallest absolute Gasteiger partial charge is 0.187 e. The zero-order chi connectivity index (χ0) is 43.8. The summed E-state index contributed by atoms with van der Waals surface area (Å²) in [6.07, 6.45) is -7.79. The van der Waals surface area contributed by atoms with E-state index < -0.39 is 67.2 Å². The summed E-state index contributed by atoms with van der Waals surface area (Å²) in [5.74, 6) is 0. The van der Waals surface area contributed by atoms with Gasteiger partial charge in [-0.15, -0.1) is 0 Å². The fraction of sp³-hybridized carbons (Fsp3) is 0.321. The highest BCUT2D eigenvalue weighted by Crippen LogP contribution is 2.39. The second-order valence-electron chi connectivity index (χ2n) is 15.8. The molecule has 0 unspecified atom stereocenters. The molecule has 8 rings (SSSR count). The van der Waals surface area contributed by atoms with Crippen molar-refractivity contribution in [3.8, 4) is 0 Å². The molecular formula is C53H56O10S. The highest BCUT2D eigenvalue weighted by Gasteiger charge is 2.51. The first-order valence-corrected chi connectivity index (χ1v) is 22.7. The Morgan fingerprint density at radius 3 is 1.20 bits per heavy atom. The first kappa shape index (κ1) is 45.8. The van der Waals surface area contributed by atoms with Crippen LogP contribution < -0.4 is 0 Å². The second kappa shape index (κ2) is 24.0. The normalized spacial score (nSPS) is 25.8. The van der Waals surface area contributed by atoms with Crippen molar-refractivity contribution in [1.82, 2.24) is 0 Å². The summed E-state index contributed by atoms with van der Waals surface area (Å²) in [7, 11) is 0. The summed E-state index contributed by atoms with van der Waals surface area (Å²) in [5.41, 5.74) is 4.27. The fourth-order valence-corrected chi connectivity index (χ4v) is 9.02. The minimum atomic E-state index is -1.22. The predicted molar refractivity (Wildman–Crippen MR) is 244 cm³/mol. The number of aliphatic hydroxyl groups is 2. The lowest BCUT2D eigenvalue weighted by atomic mass is 9.97. The van der Waals surface area contributed by atoms with Crippen molar-refractivity contribution >= 4 is 11.8 Å². The van der Waals surface area contributed by atoms with E-state index >= 15 is 0 Å². The van der Waals surface area contributed by atoms with Crippen molar-refractivity contribution < 1.29 is 48.1 Å². The molecule has 6 aromatic carbocycles. The Bertz CT molecular complexity index is 2190. The number of hydrogen-bond donors (Lipinski definition) is 2. The molecular weight excluding hydrogens is 829 g/mol. The van der Waals surface area contributed by atoms with Crippen molar-refractivity contribution in [3.63, 3.8) is 0 Å². The van der Waals surface area contributed by atoms with Gasteiger partial charge in [0, 0.05) is 4.90 Å². The van der Waals surface area contributed by atoms with Gasteiger partial charge in [-0.05, 0) is 39.9 Å². The van der Waals surface area contributed by atoms with E-state index in [1.165, 1.54) is 0 Å². The van der Waals surface area contributed by atoms with Gasteiger partial charge in [-0.3, -0.25) is 0 Å². The van der Waals surface area contributed by atoms with Gasteiger partial charge in [0.15, 0.2) is 6.29 Å². The van der Waals surface area contributed by atoms with Gasteiger partial charge in [0.1, 0.15) is 54.3 Å². The molecule has 0 aromatic heterocycles. The van der Waals surface area contributed by atoms with E-state index in [1.807, 2.05) is 182 Å². The van der Waals surface area contributed by atoms with Crippen molar-refractivity contribution in [3.05, 3.63) is 210 Å². The summed E-state index contributed by atoms with van der Waals surface area (Å²) in [6, 6.07) is 59.6. The number of aliphatic hydroxyl groups excluding tert-OH is 2. The van der Waals surface area contributed by atoms with Gasteiger partial charge in [-0.2, -0.15) is 0 Å². The Balaban J connectivity index is 1.12. The highest BCUT2D eigenvalue weighted by atomic mass is 32.2. The molecule has 0 aliphatic carbocycles.